The minimum Gasteiger partial charge on any atom is -0.491 e. The summed E-state index contributed by atoms with van der Waals surface area (Å²) >= 11 is 5.86. The number of hydrogen-bond donors (Lipinski definition) is 1. The van der Waals surface area contributed by atoms with Crippen molar-refractivity contribution in [2.24, 2.45) is 7.05 Å². The summed E-state index contributed by atoms with van der Waals surface area (Å²) in [4.78, 5) is 2.30. The largest absolute Gasteiger partial charge is 0.491 e. The van der Waals surface area contributed by atoms with E-state index in [1.165, 1.54) is 5.69 Å². The molecule has 0 fully saturated rings. The Labute approximate surface area is 149 Å². The summed E-state index contributed by atoms with van der Waals surface area (Å²) in [6.07, 6.45) is 2.54. The van der Waals surface area contributed by atoms with Crippen molar-refractivity contribution in [1.29, 1.82) is 0 Å². The molecule has 0 amide bonds. The van der Waals surface area contributed by atoms with E-state index < -0.39 is 6.10 Å². The molecule has 1 aromatic carbocycles. The summed E-state index contributed by atoms with van der Waals surface area (Å²) in [6.45, 7) is 6.01. The van der Waals surface area contributed by atoms with Crippen molar-refractivity contribution in [3.05, 3.63) is 53.3 Å². The number of ether oxygens (including phenoxy) is 1. The molecular weight excluding hydrogens is 324 g/mol. The van der Waals surface area contributed by atoms with Gasteiger partial charge in [-0.05, 0) is 49.7 Å². The van der Waals surface area contributed by atoms with Crippen molar-refractivity contribution in [2.75, 3.05) is 13.2 Å². The van der Waals surface area contributed by atoms with Gasteiger partial charge in [0, 0.05) is 43.1 Å². The van der Waals surface area contributed by atoms with Gasteiger partial charge in [-0.2, -0.15) is 0 Å². The average Bonchev–Trinajstić information content (AvgIpc) is 2.98. The fourth-order valence-electron chi connectivity index (χ4n) is 2.57. The van der Waals surface area contributed by atoms with Gasteiger partial charge in [-0.25, -0.2) is 0 Å². The molecule has 1 heterocycles. The van der Waals surface area contributed by atoms with Crippen LogP contribution < -0.4 is 4.74 Å². The van der Waals surface area contributed by atoms with Crippen molar-refractivity contribution in [1.82, 2.24) is 9.47 Å². The molecular formula is C19H27ClN2O2. The Bertz CT molecular complexity index is 612. The highest BCUT2D eigenvalue weighted by atomic mass is 35.5. The van der Waals surface area contributed by atoms with Gasteiger partial charge in [0.05, 0.1) is 0 Å². The first kappa shape index (κ1) is 18.8. The molecule has 2 aromatic rings. The molecule has 0 saturated heterocycles. The minimum absolute atomic E-state index is 0.266. The van der Waals surface area contributed by atoms with Crippen molar-refractivity contribution in [2.45, 2.75) is 39.0 Å². The highest BCUT2D eigenvalue weighted by Crippen LogP contribution is 2.16. The first-order chi connectivity index (χ1) is 11.5. The van der Waals surface area contributed by atoms with Crippen molar-refractivity contribution < 1.29 is 9.84 Å². The van der Waals surface area contributed by atoms with Crippen molar-refractivity contribution in [3.63, 3.8) is 0 Å². The van der Waals surface area contributed by atoms with Crippen LogP contribution in [0, 0.1) is 0 Å². The Morgan fingerprint density at radius 1 is 1.25 bits per heavy atom. The molecule has 0 aliphatic carbocycles. The normalized spacial score (nSPS) is 13.9. The number of aromatic nitrogens is 1. The molecule has 1 aromatic heterocycles. The second-order valence-corrected chi connectivity index (χ2v) is 6.65. The van der Waals surface area contributed by atoms with Gasteiger partial charge in [0.1, 0.15) is 18.5 Å². The molecule has 0 spiro atoms. The van der Waals surface area contributed by atoms with Crippen LogP contribution in [0.4, 0.5) is 0 Å². The monoisotopic (exact) mass is 350 g/mol. The van der Waals surface area contributed by atoms with Crippen LogP contribution in [0.25, 0.3) is 0 Å². The fourth-order valence-corrected chi connectivity index (χ4v) is 2.70. The Hall–Kier alpha value is -1.49. The standard InChI is InChI=1S/C19H27ClN2O2/c1-4-15(2)22(12-17-6-5-11-21(17)3)13-18(23)14-24-19-9-7-16(20)8-10-19/h5-11,15,18,23H,4,12-14H2,1-3H3/t15-,18-/m0/s1. The van der Waals surface area contributed by atoms with Gasteiger partial charge < -0.3 is 14.4 Å². The van der Waals surface area contributed by atoms with Gasteiger partial charge in [0.15, 0.2) is 0 Å². The molecule has 0 bridgehead atoms. The zero-order valence-corrected chi connectivity index (χ0v) is 15.4. The Morgan fingerprint density at radius 2 is 1.96 bits per heavy atom. The summed E-state index contributed by atoms with van der Waals surface area (Å²) < 4.78 is 7.77. The molecule has 0 aliphatic heterocycles. The molecule has 132 valence electrons. The summed E-state index contributed by atoms with van der Waals surface area (Å²) in [5.41, 5.74) is 1.24. The molecule has 5 heteroatoms. The molecule has 24 heavy (non-hydrogen) atoms. The number of rotatable bonds is 9. The third-order valence-corrected chi connectivity index (χ3v) is 4.58. The number of hydrogen-bond acceptors (Lipinski definition) is 3. The number of aryl methyl sites for hydroxylation is 1. The third kappa shape index (κ3) is 5.55. The van der Waals surface area contributed by atoms with E-state index in [1.54, 1.807) is 12.1 Å². The zero-order valence-electron chi connectivity index (χ0n) is 14.7. The molecule has 2 rings (SSSR count). The van der Waals surface area contributed by atoms with Crippen LogP contribution in [-0.4, -0.2) is 39.9 Å². The van der Waals surface area contributed by atoms with E-state index in [9.17, 15) is 5.11 Å². The summed E-state index contributed by atoms with van der Waals surface area (Å²) in [5.74, 6) is 0.718. The highest BCUT2D eigenvalue weighted by Gasteiger charge is 2.18. The van der Waals surface area contributed by atoms with Crippen LogP contribution in [0.2, 0.25) is 5.02 Å². The van der Waals surface area contributed by atoms with Gasteiger partial charge in [0.25, 0.3) is 0 Å². The van der Waals surface area contributed by atoms with E-state index in [1.807, 2.05) is 31.4 Å². The summed E-state index contributed by atoms with van der Waals surface area (Å²) in [6, 6.07) is 11.7. The van der Waals surface area contributed by atoms with Crippen LogP contribution in [0.15, 0.2) is 42.6 Å². The van der Waals surface area contributed by atoms with E-state index in [0.717, 1.165) is 18.7 Å². The van der Waals surface area contributed by atoms with E-state index >= 15 is 0 Å². The average molecular weight is 351 g/mol. The molecule has 1 N–H and O–H groups in total. The van der Waals surface area contributed by atoms with Crippen LogP contribution >= 0.6 is 11.6 Å². The lowest BCUT2D eigenvalue weighted by Crippen LogP contribution is -2.40. The molecule has 0 unspecified atom stereocenters. The number of aliphatic hydroxyl groups excluding tert-OH is 1. The third-order valence-electron chi connectivity index (χ3n) is 4.33. The van der Waals surface area contributed by atoms with Gasteiger partial charge in [-0.15, -0.1) is 0 Å². The minimum atomic E-state index is -0.546. The summed E-state index contributed by atoms with van der Waals surface area (Å²) in [5, 5.41) is 11.1. The van der Waals surface area contributed by atoms with Crippen LogP contribution in [0.5, 0.6) is 5.75 Å². The Kier molecular flexibility index (Phi) is 7.16. The predicted octanol–water partition coefficient (Wildman–Crippen LogP) is 3.72. The Balaban J connectivity index is 1.90. The maximum Gasteiger partial charge on any atom is 0.119 e. The molecule has 0 radical (unpaired) electrons. The van der Waals surface area contributed by atoms with Crippen LogP contribution in [0.3, 0.4) is 0 Å². The van der Waals surface area contributed by atoms with Crippen molar-refractivity contribution >= 4 is 11.6 Å². The summed E-state index contributed by atoms with van der Waals surface area (Å²) in [7, 11) is 2.05. The second-order valence-electron chi connectivity index (χ2n) is 6.22. The number of nitrogens with zero attached hydrogens (tertiary/aromatic N) is 2. The quantitative estimate of drug-likeness (QED) is 0.749. The van der Waals surface area contributed by atoms with Crippen molar-refractivity contribution in [3.8, 4) is 5.75 Å². The molecule has 4 nitrogen and oxygen atoms in total. The fraction of sp³-hybridized carbons (Fsp3) is 0.474. The number of halogens is 1. The first-order valence-corrected chi connectivity index (χ1v) is 8.78. The van der Waals surface area contributed by atoms with Gasteiger partial charge in [0.2, 0.25) is 0 Å². The zero-order chi connectivity index (χ0) is 17.5. The van der Waals surface area contributed by atoms with Crippen LogP contribution in [0.1, 0.15) is 26.0 Å². The van der Waals surface area contributed by atoms with Gasteiger partial charge in [-0.3, -0.25) is 4.90 Å². The lowest BCUT2D eigenvalue weighted by atomic mass is 10.2. The molecule has 0 saturated carbocycles. The number of aliphatic hydroxyl groups is 1. The SMILES string of the molecule is CC[C@H](C)N(Cc1cccn1C)C[C@H](O)COc1ccc(Cl)cc1. The topological polar surface area (TPSA) is 37.6 Å². The maximum absolute atomic E-state index is 10.4. The van der Waals surface area contributed by atoms with E-state index in [4.69, 9.17) is 16.3 Å². The highest BCUT2D eigenvalue weighted by molar-refractivity contribution is 6.30. The number of benzene rings is 1. The maximum atomic E-state index is 10.4. The van der Waals surface area contributed by atoms with E-state index in [2.05, 4.69) is 29.4 Å². The molecule has 0 aliphatic rings. The Morgan fingerprint density at radius 3 is 2.54 bits per heavy atom. The van der Waals surface area contributed by atoms with Gasteiger partial charge in [-0.1, -0.05) is 18.5 Å². The van der Waals surface area contributed by atoms with E-state index in [-0.39, 0.29) is 6.61 Å². The van der Waals surface area contributed by atoms with Crippen LogP contribution in [-0.2, 0) is 13.6 Å². The second kappa shape index (κ2) is 9.11. The lowest BCUT2D eigenvalue weighted by Gasteiger charge is -2.30. The van der Waals surface area contributed by atoms with E-state index in [0.29, 0.717) is 17.6 Å². The lowest BCUT2D eigenvalue weighted by molar-refractivity contribution is 0.0497. The van der Waals surface area contributed by atoms with Gasteiger partial charge >= 0.3 is 0 Å². The predicted molar refractivity (Wildman–Crippen MR) is 98.5 cm³/mol. The first-order valence-electron chi connectivity index (χ1n) is 8.40. The molecule has 2 atom stereocenters. The smallest absolute Gasteiger partial charge is 0.119 e.